The summed E-state index contributed by atoms with van der Waals surface area (Å²) in [7, 11) is 0. The zero-order valence-electron chi connectivity index (χ0n) is 9.26. The Morgan fingerprint density at radius 2 is 2.07 bits per heavy atom. The molecule has 1 amide bonds. The quantitative estimate of drug-likeness (QED) is 0.642. The van der Waals surface area contributed by atoms with Crippen LogP contribution in [0.1, 0.15) is 33.6 Å². The summed E-state index contributed by atoms with van der Waals surface area (Å²) in [5.74, 6) is 2.44. The van der Waals surface area contributed by atoms with Crippen molar-refractivity contribution in [3.8, 4) is 12.3 Å². The van der Waals surface area contributed by atoms with Crippen LogP contribution in [-0.2, 0) is 4.79 Å². The molecule has 0 aromatic heterocycles. The van der Waals surface area contributed by atoms with Gasteiger partial charge in [0.1, 0.15) is 0 Å². The minimum atomic E-state index is -0.453. The fourth-order valence-corrected chi connectivity index (χ4v) is 1.34. The Morgan fingerprint density at radius 3 is 2.36 bits per heavy atom. The Balaban J connectivity index is 4.54. The first-order chi connectivity index (χ1) is 6.56. The fourth-order valence-electron chi connectivity index (χ4n) is 1.34. The van der Waals surface area contributed by atoms with E-state index in [0.29, 0.717) is 6.54 Å². The molecule has 0 bridgehead atoms. The van der Waals surface area contributed by atoms with Crippen molar-refractivity contribution in [3.63, 3.8) is 0 Å². The molecule has 0 rings (SSSR count). The Morgan fingerprint density at radius 1 is 1.57 bits per heavy atom. The lowest BCUT2D eigenvalue weighted by Gasteiger charge is -2.29. The molecule has 14 heavy (non-hydrogen) atoms. The molecule has 3 heteroatoms. The summed E-state index contributed by atoms with van der Waals surface area (Å²) in [5.41, 5.74) is 5.18. The van der Waals surface area contributed by atoms with Gasteiger partial charge < -0.3 is 11.1 Å². The molecule has 0 aliphatic heterocycles. The Hall–Kier alpha value is -1.01. The van der Waals surface area contributed by atoms with Crippen molar-refractivity contribution in [1.29, 1.82) is 0 Å². The fraction of sp³-hybridized carbons (Fsp3) is 0.727. The van der Waals surface area contributed by atoms with E-state index in [4.69, 9.17) is 12.2 Å². The van der Waals surface area contributed by atoms with Crippen molar-refractivity contribution < 1.29 is 4.79 Å². The van der Waals surface area contributed by atoms with Crippen molar-refractivity contribution in [2.45, 2.75) is 39.7 Å². The van der Waals surface area contributed by atoms with Crippen LogP contribution in [0.5, 0.6) is 0 Å². The maximum Gasteiger partial charge on any atom is 0.228 e. The van der Waals surface area contributed by atoms with E-state index in [1.165, 1.54) is 0 Å². The van der Waals surface area contributed by atoms with Gasteiger partial charge in [-0.1, -0.05) is 19.8 Å². The molecule has 3 N–H and O–H groups in total. The van der Waals surface area contributed by atoms with Crippen molar-refractivity contribution >= 4 is 5.91 Å². The summed E-state index contributed by atoms with van der Waals surface area (Å²) in [4.78, 5) is 11.8. The first kappa shape index (κ1) is 13.0. The van der Waals surface area contributed by atoms with Gasteiger partial charge in [-0.3, -0.25) is 4.79 Å². The van der Waals surface area contributed by atoms with Crippen molar-refractivity contribution in [1.82, 2.24) is 5.32 Å². The molecule has 0 saturated heterocycles. The van der Waals surface area contributed by atoms with Crippen LogP contribution in [0.15, 0.2) is 0 Å². The number of amides is 1. The number of rotatable bonds is 5. The van der Waals surface area contributed by atoms with Gasteiger partial charge in [-0.2, -0.15) is 0 Å². The minimum absolute atomic E-state index is 0.0320. The first-order valence-corrected chi connectivity index (χ1v) is 5.03. The summed E-state index contributed by atoms with van der Waals surface area (Å²) >= 11 is 0. The standard InChI is InChI=1S/C11H20N2O/c1-5-9(4)13-10(14)11(6-2,7-3)8-12/h1,9H,6-8,12H2,2-4H3,(H,13,14). The third-order valence-electron chi connectivity index (χ3n) is 2.82. The highest BCUT2D eigenvalue weighted by molar-refractivity contribution is 5.83. The molecular weight excluding hydrogens is 176 g/mol. The second-order valence-corrected chi connectivity index (χ2v) is 3.55. The molecule has 1 unspecified atom stereocenters. The third kappa shape index (κ3) is 2.74. The van der Waals surface area contributed by atoms with E-state index in [9.17, 15) is 4.79 Å². The monoisotopic (exact) mass is 196 g/mol. The smallest absolute Gasteiger partial charge is 0.228 e. The lowest BCUT2D eigenvalue weighted by molar-refractivity contribution is -0.131. The van der Waals surface area contributed by atoms with Gasteiger partial charge in [0.05, 0.1) is 11.5 Å². The SMILES string of the molecule is C#CC(C)NC(=O)C(CC)(CC)CN. The predicted octanol–water partition coefficient (Wildman–Crippen LogP) is 0.889. The zero-order valence-corrected chi connectivity index (χ0v) is 9.26. The Bertz CT molecular complexity index is 218. The average Bonchev–Trinajstić information content (AvgIpc) is 2.21. The van der Waals surface area contributed by atoms with E-state index in [1.807, 2.05) is 13.8 Å². The van der Waals surface area contributed by atoms with Crippen LogP contribution >= 0.6 is 0 Å². The molecule has 0 heterocycles. The summed E-state index contributed by atoms with van der Waals surface area (Å²) < 4.78 is 0. The second-order valence-electron chi connectivity index (χ2n) is 3.55. The zero-order chi connectivity index (χ0) is 11.2. The normalized spacial score (nSPS) is 13.1. The molecule has 0 aliphatic rings. The van der Waals surface area contributed by atoms with Crippen LogP contribution in [0.3, 0.4) is 0 Å². The second kappa shape index (κ2) is 5.66. The minimum Gasteiger partial charge on any atom is -0.342 e. The van der Waals surface area contributed by atoms with Crippen molar-refractivity contribution in [2.24, 2.45) is 11.1 Å². The van der Waals surface area contributed by atoms with Crippen LogP contribution in [-0.4, -0.2) is 18.5 Å². The summed E-state index contributed by atoms with van der Waals surface area (Å²) in [6, 6.07) is -0.230. The molecule has 0 spiro atoms. The van der Waals surface area contributed by atoms with E-state index in [0.717, 1.165) is 12.8 Å². The summed E-state index contributed by atoms with van der Waals surface area (Å²) in [6.45, 7) is 6.08. The van der Waals surface area contributed by atoms with Crippen LogP contribution in [0.25, 0.3) is 0 Å². The number of carbonyl (C=O) groups excluding carboxylic acids is 1. The molecular formula is C11H20N2O. The summed E-state index contributed by atoms with van der Waals surface area (Å²) in [6.07, 6.45) is 6.67. The number of terminal acetylenes is 1. The Kier molecular flexibility index (Phi) is 5.26. The summed E-state index contributed by atoms with van der Waals surface area (Å²) in [5, 5.41) is 2.77. The van der Waals surface area contributed by atoms with Gasteiger partial charge in [0.15, 0.2) is 0 Å². The van der Waals surface area contributed by atoms with Gasteiger partial charge in [-0.25, -0.2) is 0 Å². The number of hydrogen-bond acceptors (Lipinski definition) is 2. The van der Waals surface area contributed by atoms with Crippen molar-refractivity contribution in [2.75, 3.05) is 6.54 Å². The highest BCUT2D eigenvalue weighted by Crippen LogP contribution is 2.24. The van der Waals surface area contributed by atoms with Crippen LogP contribution in [0, 0.1) is 17.8 Å². The highest BCUT2D eigenvalue weighted by atomic mass is 16.2. The molecule has 0 saturated carbocycles. The Labute approximate surface area is 86.4 Å². The molecule has 0 aliphatic carbocycles. The number of nitrogens with one attached hydrogen (secondary N) is 1. The molecule has 1 atom stereocenters. The van der Waals surface area contributed by atoms with Crippen molar-refractivity contribution in [3.05, 3.63) is 0 Å². The van der Waals surface area contributed by atoms with E-state index < -0.39 is 5.41 Å². The van der Waals surface area contributed by atoms with Crippen LogP contribution in [0.4, 0.5) is 0 Å². The maximum absolute atomic E-state index is 11.8. The van der Waals surface area contributed by atoms with E-state index >= 15 is 0 Å². The molecule has 3 nitrogen and oxygen atoms in total. The molecule has 0 fully saturated rings. The van der Waals surface area contributed by atoms with Gasteiger partial charge >= 0.3 is 0 Å². The molecule has 80 valence electrons. The van der Waals surface area contributed by atoms with Gasteiger partial charge in [-0.05, 0) is 19.8 Å². The molecule has 0 aromatic carbocycles. The van der Waals surface area contributed by atoms with Gasteiger partial charge in [-0.15, -0.1) is 6.42 Å². The van der Waals surface area contributed by atoms with E-state index in [1.54, 1.807) is 6.92 Å². The van der Waals surface area contributed by atoms with Gasteiger partial charge in [0, 0.05) is 6.54 Å². The molecule has 0 aromatic rings. The third-order valence-corrected chi connectivity index (χ3v) is 2.82. The predicted molar refractivity (Wildman–Crippen MR) is 58.5 cm³/mol. The lowest BCUT2D eigenvalue weighted by atomic mass is 9.81. The van der Waals surface area contributed by atoms with E-state index in [2.05, 4.69) is 11.2 Å². The number of nitrogens with two attached hydrogens (primary N) is 1. The number of carbonyl (C=O) groups is 1. The van der Waals surface area contributed by atoms with Crippen LogP contribution < -0.4 is 11.1 Å². The topological polar surface area (TPSA) is 55.1 Å². The van der Waals surface area contributed by atoms with Gasteiger partial charge in [0.25, 0.3) is 0 Å². The maximum atomic E-state index is 11.8. The molecule has 0 radical (unpaired) electrons. The van der Waals surface area contributed by atoms with Gasteiger partial charge in [0.2, 0.25) is 5.91 Å². The average molecular weight is 196 g/mol. The van der Waals surface area contributed by atoms with E-state index in [-0.39, 0.29) is 11.9 Å². The lowest BCUT2D eigenvalue weighted by Crippen LogP contribution is -2.47. The number of hydrogen-bond donors (Lipinski definition) is 2. The first-order valence-electron chi connectivity index (χ1n) is 5.03. The highest BCUT2D eigenvalue weighted by Gasteiger charge is 2.33. The largest absolute Gasteiger partial charge is 0.342 e. The van der Waals surface area contributed by atoms with Crippen LogP contribution in [0.2, 0.25) is 0 Å².